The van der Waals surface area contributed by atoms with Crippen molar-refractivity contribution >= 4 is 21.6 Å². The van der Waals surface area contributed by atoms with Gasteiger partial charge in [0.1, 0.15) is 5.82 Å². The highest BCUT2D eigenvalue weighted by Gasteiger charge is 2.12. The van der Waals surface area contributed by atoms with Crippen molar-refractivity contribution < 1.29 is 13.5 Å². The average molecular weight is 356 g/mol. The molecule has 1 unspecified atom stereocenters. The minimum Gasteiger partial charge on any atom is -0.491 e. The predicted octanol–water partition coefficient (Wildman–Crippen LogP) is 5.30. The molecule has 0 radical (unpaired) electrons. The van der Waals surface area contributed by atoms with E-state index in [0.29, 0.717) is 17.9 Å². The van der Waals surface area contributed by atoms with Crippen LogP contribution < -0.4 is 10.1 Å². The van der Waals surface area contributed by atoms with Gasteiger partial charge in [-0.1, -0.05) is 15.9 Å². The lowest BCUT2D eigenvalue weighted by Crippen LogP contribution is -2.09. The highest BCUT2D eigenvalue weighted by Crippen LogP contribution is 2.27. The zero-order valence-corrected chi connectivity index (χ0v) is 13.4. The molecule has 0 fully saturated rings. The molecule has 0 aromatic heterocycles. The Bertz CT molecular complexity index is 634. The molecule has 0 amide bonds. The van der Waals surface area contributed by atoms with E-state index in [-0.39, 0.29) is 17.6 Å². The zero-order valence-electron chi connectivity index (χ0n) is 11.8. The second-order valence-electron chi connectivity index (χ2n) is 4.61. The quantitative estimate of drug-likeness (QED) is 0.785. The van der Waals surface area contributed by atoms with Crippen LogP contribution in [0.4, 0.5) is 14.5 Å². The molecule has 112 valence electrons. The second kappa shape index (κ2) is 6.89. The highest BCUT2D eigenvalue weighted by molar-refractivity contribution is 9.10. The van der Waals surface area contributed by atoms with Crippen LogP contribution in [-0.2, 0) is 0 Å². The number of benzene rings is 2. The van der Waals surface area contributed by atoms with Gasteiger partial charge in [0, 0.05) is 21.8 Å². The van der Waals surface area contributed by atoms with E-state index in [1.165, 1.54) is 12.1 Å². The number of ether oxygens (including phenoxy) is 1. The zero-order chi connectivity index (χ0) is 15.4. The Kier molecular flexibility index (Phi) is 5.17. The van der Waals surface area contributed by atoms with Crippen molar-refractivity contribution in [2.75, 3.05) is 11.9 Å². The SMILES string of the molecule is CCOc1ccc(NC(C)c2cc(Br)ccc2F)cc1F. The summed E-state index contributed by atoms with van der Waals surface area (Å²) in [5, 5.41) is 3.08. The van der Waals surface area contributed by atoms with Gasteiger partial charge >= 0.3 is 0 Å². The fraction of sp³-hybridized carbons (Fsp3) is 0.250. The summed E-state index contributed by atoms with van der Waals surface area (Å²) in [7, 11) is 0. The van der Waals surface area contributed by atoms with Gasteiger partial charge in [-0.3, -0.25) is 0 Å². The summed E-state index contributed by atoms with van der Waals surface area (Å²) < 4.78 is 33.5. The number of anilines is 1. The molecule has 0 spiro atoms. The summed E-state index contributed by atoms with van der Waals surface area (Å²) in [6.07, 6.45) is 0. The molecule has 1 atom stereocenters. The summed E-state index contributed by atoms with van der Waals surface area (Å²) in [5.41, 5.74) is 1.08. The third kappa shape index (κ3) is 3.94. The number of nitrogens with one attached hydrogen (secondary N) is 1. The van der Waals surface area contributed by atoms with Crippen LogP contribution in [-0.4, -0.2) is 6.61 Å². The van der Waals surface area contributed by atoms with E-state index < -0.39 is 5.82 Å². The summed E-state index contributed by atoms with van der Waals surface area (Å²) in [4.78, 5) is 0. The predicted molar refractivity (Wildman–Crippen MR) is 83.7 cm³/mol. The van der Waals surface area contributed by atoms with Gasteiger partial charge in [-0.15, -0.1) is 0 Å². The van der Waals surface area contributed by atoms with Crippen LogP contribution in [0.15, 0.2) is 40.9 Å². The van der Waals surface area contributed by atoms with Crippen LogP contribution in [0.3, 0.4) is 0 Å². The maximum Gasteiger partial charge on any atom is 0.167 e. The number of hydrogen-bond acceptors (Lipinski definition) is 2. The maximum atomic E-state index is 13.8. The van der Waals surface area contributed by atoms with Crippen molar-refractivity contribution in [3.8, 4) is 5.75 Å². The first-order valence-electron chi connectivity index (χ1n) is 6.65. The van der Waals surface area contributed by atoms with Crippen LogP contribution in [0.2, 0.25) is 0 Å². The van der Waals surface area contributed by atoms with Gasteiger partial charge < -0.3 is 10.1 Å². The Morgan fingerprint density at radius 2 is 1.90 bits per heavy atom. The Morgan fingerprint density at radius 3 is 2.57 bits per heavy atom. The summed E-state index contributed by atoms with van der Waals surface area (Å²) >= 11 is 3.32. The molecule has 0 aliphatic rings. The number of halogens is 3. The average Bonchev–Trinajstić information content (AvgIpc) is 2.44. The molecule has 21 heavy (non-hydrogen) atoms. The van der Waals surface area contributed by atoms with Gasteiger partial charge in [-0.2, -0.15) is 0 Å². The number of hydrogen-bond donors (Lipinski definition) is 1. The summed E-state index contributed by atoms with van der Waals surface area (Å²) in [5.74, 6) is -0.530. The van der Waals surface area contributed by atoms with Crippen molar-refractivity contribution in [1.29, 1.82) is 0 Å². The van der Waals surface area contributed by atoms with E-state index in [1.807, 2.05) is 6.92 Å². The molecule has 2 nitrogen and oxygen atoms in total. The van der Waals surface area contributed by atoms with Gasteiger partial charge in [0.25, 0.3) is 0 Å². The van der Waals surface area contributed by atoms with E-state index >= 15 is 0 Å². The smallest absolute Gasteiger partial charge is 0.167 e. The highest BCUT2D eigenvalue weighted by atomic mass is 79.9. The lowest BCUT2D eigenvalue weighted by Gasteiger charge is -2.17. The lowest BCUT2D eigenvalue weighted by molar-refractivity contribution is 0.321. The van der Waals surface area contributed by atoms with Crippen LogP contribution in [0.1, 0.15) is 25.5 Å². The van der Waals surface area contributed by atoms with Crippen LogP contribution in [0.5, 0.6) is 5.75 Å². The molecule has 5 heteroatoms. The van der Waals surface area contributed by atoms with Gasteiger partial charge in [0.15, 0.2) is 11.6 Å². The van der Waals surface area contributed by atoms with Gasteiger partial charge in [-0.25, -0.2) is 8.78 Å². The maximum absolute atomic E-state index is 13.8. The fourth-order valence-corrected chi connectivity index (χ4v) is 2.42. The first kappa shape index (κ1) is 15.8. The Morgan fingerprint density at radius 1 is 1.14 bits per heavy atom. The molecule has 2 aromatic carbocycles. The molecule has 0 saturated carbocycles. The largest absolute Gasteiger partial charge is 0.491 e. The van der Waals surface area contributed by atoms with Crippen molar-refractivity contribution in [3.63, 3.8) is 0 Å². The standard InChI is InChI=1S/C16H16BrF2NO/c1-3-21-16-7-5-12(9-15(16)19)20-10(2)13-8-11(17)4-6-14(13)18/h4-10,20H,3H2,1-2H3. The van der Waals surface area contributed by atoms with Gasteiger partial charge in [-0.05, 0) is 44.2 Å². The summed E-state index contributed by atoms with van der Waals surface area (Å²) in [6.45, 7) is 4.02. The Balaban J connectivity index is 2.17. The molecule has 1 N–H and O–H groups in total. The topological polar surface area (TPSA) is 21.3 Å². The molecular formula is C16H16BrF2NO. The molecular weight excluding hydrogens is 340 g/mol. The fourth-order valence-electron chi connectivity index (χ4n) is 2.04. The van der Waals surface area contributed by atoms with Crippen LogP contribution in [0.25, 0.3) is 0 Å². The molecule has 0 saturated heterocycles. The van der Waals surface area contributed by atoms with Gasteiger partial charge in [0.05, 0.1) is 12.6 Å². The molecule has 2 aromatic rings. The number of rotatable bonds is 5. The van der Waals surface area contributed by atoms with E-state index in [9.17, 15) is 8.78 Å². The first-order chi connectivity index (χ1) is 10.0. The lowest BCUT2D eigenvalue weighted by atomic mass is 10.1. The van der Waals surface area contributed by atoms with Crippen molar-refractivity contribution in [3.05, 3.63) is 58.1 Å². The van der Waals surface area contributed by atoms with Crippen LogP contribution in [0, 0.1) is 11.6 Å². The van der Waals surface area contributed by atoms with E-state index in [0.717, 1.165) is 4.47 Å². The summed E-state index contributed by atoms with van der Waals surface area (Å²) in [6, 6.07) is 9.07. The third-order valence-electron chi connectivity index (χ3n) is 3.04. The van der Waals surface area contributed by atoms with Crippen molar-refractivity contribution in [2.45, 2.75) is 19.9 Å². The first-order valence-corrected chi connectivity index (χ1v) is 7.44. The van der Waals surface area contributed by atoms with Crippen LogP contribution >= 0.6 is 15.9 Å². The minimum absolute atomic E-state index is 0.212. The molecule has 0 aliphatic heterocycles. The van der Waals surface area contributed by atoms with Gasteiger partial charge in [0.2, 0.25) is 0 Å². The molecule has 2 rings (SSSR count). The monoisotopic (exact) mass is 355 g/mol. The molecule has 0 bridgehead atoms. The van der Waals surface area contributed by atoms with Crippen molar-refractivity contribution in [2.24, 2.45) is 0 Å². The third-order valence-corrected chi connectivity index (χ3v) is 3.53. The minimum atomic E-state index is -0.441. The van der Waals surface area contributed by atoms with E-state index in [4.69, 9.17) is 4.74 Å². The van der Waals surface area contributed by atoms with E-state index in [1.54, 1.807) is 31.2 Å². The molecule has 0 heterocycles. The van der Waals surface area contributed by atoms with E-state index in [2.05, 4.69) is 21.2 Å². The van der Waals surface area contributed by atoms with Crippen molar-refractivity contribution in [1.82, 2.24) is 0 Å². The Hall–Kier alpha value is -1.62. The normalized spacial score (nSPS) is 12.0. The second-order valence-corrected chi connectivity index (χ2v) is 5.53. The molecule has 0 aliphatic carbocycles. The Labute approximate surface area is 131 Å².